The van der Waals surface area contributed by atoms with Crippen LogP contribution < -0.4 is 5.32 Å². The Bertz CT molecular complexity index is 746. The molecule has 1 N–H and O–H groups in total. The van der Waals surface area contributed by atoms with Crippen LogP contribution in [0, 0.1) is 11.7 Å². The molecule has 1 saturated carbocycles. The molecule has 1 saturated heterocycles. The third-order valence-corrected chi connectivity index (χ3v) is 5.10. The van der Waals surface area contributed by atoms with Gasteiger partial charge in [0.25, 0.3) is 0 Å². The highest BCUT2D eigenvalue weighted by Crippen LogP contribution is 2.32. The summed E-state index contributed by atoms with van der Waals surface area (Å²) in [5.74, 6) is 1.74. The molecule has 1 aromatic carbocycles. The number of rotatable bonds is 5. The molecule has 1 aliphatic heterocycles. The summed E-state index contributed by atoms with van der Waals surface area (Å²) in [5.41, 5.74) is 0.487. The van der Waals surface area contributed by atoms with Crippen molar-refractivity contribution in [2.45, 2.75) is 38.3 Å². The zero-order valence-corrected chi connectivity index (χ0v) is 14.2. The van der Waals surface area contributed by atoms with Gasteiger partial charge in [-0.1, -0.05) is 12.1 Å². The molecule has 2 fully saturated rings. The van der Waals surface area contributed by atoms with Crippen molar-refractivity contribution in [3.05, 3.63) is 48.0 Å². The Labute approximate surface area is 147 Å². The summed E-state index contributed by atoms with van der Waals surface area (Å²) < 4.78 is 19.6. The highest BCUT2D eigenvalue weighted by Gasteiger charge is 2.34. The third kappa shape index (κ3) is 3.76. The van der Waals surface area contributed by atoms with Gasteiger partial charge in [-0.15, -0.1) is 0 Å². The van der Waals surface area contributed by atoms with Crippen LogP contribution >= 0.6 is 0 Å². The number of nitrogens with one attached hydrogen (secondary N) is 1. The van der Waals surface area contributed by atoms with Gasteiger partial charge in [0.05, 0.1) is 12.1 Å². The van der Waals surface area contributed by atoms with E-state index in [2.05, 4.69) is 5.32 Å². The van der Waals surface area contributed by atoms with Gasteiger partial charge in [-0.05, 0) is 49.9 Å². The number of hydrogen-bond acceptors (Lipinski definition) is 3. The Hall–Kier alpha value is -2.14. The molecule has 0 radical (unpaired) electrons. The first-order chi connectivity index (χ1) is 12.2. The van der Waals surface area contributed by atoms with E-state index >= 15 is 0 Å². The second-order valence-electron chi connectivity index (χ2n) is 7.00. The van der Waals surface area contributed by atoms with Gasteiger partial charge >= 0.3 is 0 Å². The molecule has 0 bridgehead atoms. The highest BCUT2D eigenvalue weighted by atomic mass is 19.1. The minimum absolute atomic E-state index is 0.274. The van der Waals surface area contributed by atoms with E-state index < -0.39 is 0 Å². The Morgan fingerprint density at radius 3 is 2.60 bits per heavy atom. The highest BCUT2D eigenvalue weighted by molar-refractivity contribution is 5.81. The van der Waals surface area contributed by atoms with Crippen molar-refractivity contribution in [2.75, 3.05) is 13.1 Å². The summed E-state index contributed by atoms with van der Waals surface area (Å²) in [4.78, 5) is 14.1. The molecule has 1 aliphatic carbocycles. The van der Waals surface area contributed by atoms with Crippen LogP contribution in [0.25, 0.3) is 11.3 Å². The van der Waals surface area contributed by atoms with Gasteiger partial charge in [0.2, 0.25) is 5.91 Å². The lowest BCUT2D eigenvalue weighted by molar-refractivity contribution is -0.133. The van der Waals surface area contributed by atoms with Gasteiger partial charge in [0.1, 0.15) is 17.3 Å². The molecule has 0 atom stereocenters. The van der Waals surface area contributed by atoms with Crippen LogP contribution in [0.2, 0.25) is 0 Å². The summed E-state index contributed by atoms with van der Waals surface area (Å²) in [6, 6.07) is 10.7. The maximum atomic E-state index is 13.8. The number of carbonyl (C=O) groups is 1. The van der Waals surface area contributed by atoms with E-state index in [-0.39, 0.29) is 5.82 Å². The lowest BCUT2D eigenvalue weighted by Crippen LogP contribution is -2.45. The number of likely N-dealkylation sites (tertiary alicyclic amines) is 1. The van der Waals surface area contributed by atoms with E-state index in [1.807, 2.05) is 17.0 Å². The van der Waals surface area contributed by atoms with E-state index in [4.69, 9.17) is 4.42 Å². The number of nitrogens with zero attached hydrogens (tertiary/aromatic N) is 1. The van der Waals surface area contributed by atoms with E-state index in [1.165, 1.54) is 6.07 Å². The fourth-order valence-electron chi connectivity index (χ4n) is 3.42. The second-order valence-corrected chi connectivity index (χ2v) is 7.00. The smallest absolute Gasteiger partial charge is 0.225 e. The maximum absolute atomic E-state index is 13.8. The number of carbonyl (C=O) groups excluding carboxylic acids is 1. The van der Waals surface area contributed by atoms with Crippen LogP contribution in [0.4, 0.5) is 4.39 Å². The van der Waals surface area contributed by atoms with Crippen LogP contribution in [0.3, 0.4) is 0 Å². The molecule has 2 aliphatic rings. The number of piperidine rings is 1. The van der Waals surface area contributed by atoms with Crippen molar-refractivity contribution in [3.8, 4) is 11.3 Å². The minimum atomic E-state index is -0.274. The number of amides is 1. The molecular weight excluding hydrogens is 319 g/mol. The normalized spacial score (nSPS) is 18.5. The summed E-state index contributed by atoms with van der Waals surface area (Å²) in [6.45, 7) is 2.30. The Morgan fingerprint density at radius 2 is 1.88 bits per heavy atom. The van der Waals surface area contributed by atoms with Gasteiger partial charge in [-0.2, -0.15) is 0 Å². The number of furan rings is 1. The van der Waals surface area contributed by atoms with Crippen LogP contribution in [-0.2, 0) is 11.3 Å². The first kappa shape index (κ1) is 16.3. The summed E-state index contributed by atoms with van der Waals surface area (Å²) in [6.07, 6.45) is 4.08. The maximum Gasteiger partial charge on any atom is 0.225 e. The van der Waals surface area contributed by atoms with E-state index in [0.29, 0.717) is 35.7 Å². The monoisotopic (exact) mass is 342 g/mol. The molecular formula is C20H23FN2O2. The summed E-state index contributed by atoms with van der Waals surface area (Å²) >= 11 is 0. The van der Waals surface area contributed by atoms with Gasteiger partial charge in [-0.3, -0.25) is 4.79 Å². The van der Waals surface area contributed by atoms with Gasteiger partial charge in [0, 0.05) is 25.0 Å². The van der Waals surface area contributed by atoms with Crippen LogP contribution in [0.1, 0.15) is 31.4 Å². The first-order valence-electron chi connectivity index (χ1n) is 9.06. The molecule has 0 spiro atoms. The Morgan fingerprint density at radius 1 is 1.12 bits per heavy atom. The van der Waals surface area contributed by atoms with Crippen molar-refractivity contribution >= 4 is 5.91 Å². The van der Waals surface area contributed by atoms with E-state index in [1.54, 1.807) is 18.2 Å². The Kier molecular flexibility index (Phi) is 4.57. The fourth-order valence-corrected chi connectivity index (χ4v) is 3.42. The number of hydrogen-bond donors (Lipinski definition) is 1. The van der Waals surface area contributed by atoms with Gasteiger partial charge in [-0.25, -0.2) is 4.39 Å². The lowest BCUT2D eigenvalue weighted by atomic mass is 10.0. The largest absolute Gasteiger partial charge is 0.460 e. The predicted octanol–water partition coefficient (Wildman–Crippen LogP) is 3.58. The predicted molar refractivity (Wildman–Crippen MR) is 93.3 cm³/mol. The average Bonchev–Trinajstić information content (AvgIpc) is 3.39. The SMILES string of the molecule is O=C(C1CC1)N1CCC(NCc2ccc(-c3ccccc3F)o2)CC1. The molecule has 1 aromatic heterocycles. The fraction of sp³-hybridized carbons (Fsp3) is 0.450. The molecule has 4 nitrogen and oxygen atoms in total. The van der Waals surface area contributed by atoms with Crippen LogP contribution in [0.5, 0.6) is 0 Å². The quantitative estimate of drug-likeness (QED) is 0.903. The zero-order chi connectivity index (χ0) is 17.2. The molecule has 2 aromatic rings. The average molecular weight is 342 g/mol. The lowest BCUT2D eigenvalue weighted by Gasteiger charge is -2.32. The number of benzene rings is 1. The molecule has 4 rings (SSSR count). The molecule has 1 amide bonds. The molecule has 132 valence electrons. The van der Waals surface area contributed by atoms with Crippen molar-refractivity contribution in [3.63, 3.8) is 0 Å². The van der Waals surface area contributed by atoms with Gasteiger partial charge in [0.15, 0.2) is 0 Å². The number of halogens is 1. The summed E-state index contributed by atoms with van der Waals surface area (Å²) in [7, 11) is 0. The van der Waals surface area contributed by atoms with Crippen molar-refractivity contribution in [1.29, 1.82) is 0 Å². The standard InChI is InChI=1S/C20H23FN2O2/c21-18-4-2-1-3-17(18)19-8-7-16(25-19)13-22-15-9-11-23(12-10-15)20(24)14-5-6-14/h1-4,7-8,14-15,22H,5-6,9-13H2. The zero-order valence-electron chi connectivity index (χ0n) is 14.2. The topological polar surface area (TPSA) is 45.5 Å². The molecule has 0 unspecified atom stereocenters. The third-order valence-electron chi connectivity index (χ3n) is 5.10. The van der Waals surface area contributed by atoms with E-state index in [0.717, 1.165) is 44.5 Å². The molecule has 25 heavy (non-hydrogen) atoms. The van der Waals surface area contributed by atoms with E-state index in [9.17, 15) is 9.18 Å². The summed E-state index contributed by atoms with van der Waals surface area (Å²) in [5, 5.41) is 3.50. The van der Waals surface area contributed by atoms with Crippen molar-refractivity contribution in [2.24, 2.45) is 5.92 Å². The van der Waals surface area contributed by atoms with Crippen LogP contribution in [0.15, 0.2) is 40.8 Å². The second kappa shape index (κ2) is 7.00. The van der Waals surface area contributed by atoms with Crippen molar-refractivity contribution in [1.82, 2.24) is 10.2 Å². The minimum Gasteiger partial charge on any atom is -0.460 e. The molecule has 5 heteroatoms. The van der Waals surface area contributed by atoms with Crippen molar-refractivity contribution < 1.29 is 13.6 Å². The van der Waals surface area contributed by atoms with Gasteiger partial charge < -0.3 is 14.6 Å². The Balaban J connectivity index is 1.28. The molecule has 2 heterocycles. The van der Waals surface area contributed by atoms with Crippen LogP contribution in [-0.4, -0.2) is 29.9 Å². The first-order valence-corrected chi connectivity index (χ1v) is 9.06.